The highest BCUT2D eigenvalue weighted by molar-refractivity contribution is 5.75. The van der Waals surface area contributed by atoms with Crippen LogP contribution in [0.25, 0.3) is 11.2 Å². The molecule has 0 bridgehead atoms. The van der Waals surface area contributed by atoms with E-state index in [1.165, 1.54) is 18.5 Å². The number of nitrogens with one attached hydrogen (secondary N) is 1. The fourth-order valence-corrected chi connectivity index (χ4v) is 6.36. The summed E-state index contributed by atoms with van der Waals surface area (Å²) >= 11 is 0. The number of alkyl halides is 2. The van der Waals surface area contributed by atoms with E-state index in [2.05, 4.69) is 20.3 Å². The molecule has 1 fully saturated rings. The quantitative estimate of drug-likeness (QED) is 0.158. The molecule has 47 heavy (non-hydrogen) atoms. The molecule has 5 N–H and O–H groups in total. The van der Waals surface area contributed by atoms with E-state index in [1.807, 2.05) is 30.3 Å². The van der Waals surface area contributed by atoms with Crippen LogP contribution in [0, 0.1) is 6.92 Å². The molecule has 13 heteroatoms. The maximum absolute atomic E-state index is 15.1. The number of nitrogens with zero attached hydrogens (tertiary/aromatic N) is 4. The van der Waals surface area contributed by atoms with E-state index >= 15 is 8.78 Å². The SMILES string of the molecule is Cc1nc(Nc2ccccc2)nc2c1ncn2[C@@H]1O[C@H](COc2cccc(CC[C@@]3(O)c4ccccc4[C@@H](O)C3(F)F)c2)[C@@H](O)[C@H]1O. The molecule has 0 unspecified atom stereocenters. The van der Waals surface area contributed by atoms with E-state index in [1.54, 1.807) is 47.9 Å². The van der Waals surface area contributed by atoms with E-state index in [0.29, 0.717) is 34.1 Å². The van der Waals surface area contributed by atoms with Crippen LogP contribution in [0.5, 0.6) is 5.75 Å². The largest absolute Gasteiger partial charge is 0.491 e. The van der Waals surface area contributed by atoms with Gasteiger partial charge in [-0.1, -0.05) is 54.6 Å². The molecule has 7 rings (SSSR count). The molecule has 1 aliphatic heterocycles. The highest BCUT2D eigenvalue weighted by Crippen LogP contribution is 2.56. The van der Waals surface area contributed by atoms with Crippen molar-refractivity contribution in [2.24, 2.45) is 0 Å². The van der Waals surface area contributed by atoms with Gasteiger partial charge in [0, 0.05) is 5.69 Å². The van der Waals surface area contributed by atoms with Crippen molar-refractivity contribution in [3.63, 3.8) is 0 Å². The Balaban J connectivity index is 1.03. The number of halogens is 2. The number of aliphatic hydroxyl groups excluding tert-OH is 3. The fraction of sp³-hybridized carbons (Fsp3) is 0.324. The Bertz CT molecular complexity index is 1910. The molecule has 244 valence electrons. The number of para-hydroxylation sites is 1. The summed E-state index contributed by atoms with van der Waals surface area (Å²) < 4.78 is 43.7. The lowest BCUT2D eigenvalue weighted by molar-refractivity contribution is -0.226. The molecule has 11 nitrogen and oxygen atoms in total. The fourth-order valence-electron chi connectivity index (χ4n) is 6.36. The number of aromatic nitrogens is 4. The number of benzene rings is 3. The maximum Gasteiger partial charge on any atom is 0.309 e. The van der Waals surface area contributed by atoms with Crippen molar-refractivity contribution in [2.75, 3.05) is 11.9 Å². The Morgan fingerprint density at radius 1 is 0.957 bits per heavy atom. The molecule has 0 radical (unpaired) electrons. The van der Waals surface area contributed by atoms with Crippen LogP contribution in [0.4, 0.5) is 20.4 Å². The Labute approximate surface area is 268 Å². The normalized spacial score (nSPS) is 26.4. The third-order valence-electron chi connectivity index (χ3n) is 8.92. The lowest BCUT2D eigenvalue weighted by Crippen LogP contribution is -2.44. The van der Waals surface area contributed by atoms with Crippen molar-refractivity contribution in [3.8, 4) is 5.75 Å². The number of imidazole rings is 1. The molecular formula is C34H33F2N5O6. The van der Waals surface area contributed by atoms with E-state index in [-0.39, 0.29) is 30.6 Å². The van der Waals surface area contributed by atoms with Crippen LogP contribution in [0.3, 0.4) is 0 Å². The number of ether oxygens (including phenoxy) is 2. The number of fused-ring (bicyclic) bond motifs is 2. The first-order valence-corrected chi connectivity index (χ1v) is 15.2. The predicted molar refractivity (Wildman–Crippen MR) is 166 cm³/mol. The van der Waals surface area contributed by atoms with Crippen LogP contribution < -0.4 is 10.1 Å². The topological polar surface area (TPSA) is 155 Å². The number of hydrogen-bond acceptors (Lipinski definition) is 10. The van der Waals surface area contributed by atoms with Crippen LogP contribution in [-0.2, 0) is 16.8 Å². The monoisotopic (exact) mass is 645 g/mol. The molecule has 3 heterocycles. The molecule has 3 aromatic carbocycles. The third kappa shape index (κ3) is 5.39. The second-order valence-electron chi connectivity index (χ2n) is 11.9. The molecular weight excluding hydrogens is 612 g/mol. The Kier molecular flexibility index (Phi) is 7.89. The van der Waals surface area contributed by atoms with Crippen molar-refractivity contribution < 1.29 is 38.7 Å². The van der Waals surface area contributed by atoms with Crippen molar-refractivity contribution in [1.82, 2.24) is 19.5 Å². The summed E-state index contributed by atoms with van der Waals surface area (Å²) in [6.45, 7) is 1.67. The molecule has 0 spiro atoms. The average molecular weight is 646 g/mol. The lowest BCUT2D eigenvalue weighted by Gasteiger charge is -2.32. The first kappa shape index (κ1) is 31.1. The van der Waals surface area contributed by atoms with E-state index in [0.717, 1.165) is 5.69 Å². The molecule has 2 aliphatic rings. The molecule has 0 saturated carbocycles. The first-order valence-electron chi connectivity index (χ1n) is 15.2. The Morgan fingerprint density at radius 3 is 2.53 bits per heavy atom. The Hall–Kier alpha value is -4.53. The van der Waals surface area contributed by atoms with E-state index in [9.17, 15) is 20.4 Å². The molecule has 1 aliphatic carbocycles. The zero-order valence-corrected chi connectivity index (χ0v) is 25.2. The molecule has 0 amide bonds. The van der Waals surface area contributed by atoms with Gasteiger partial charge in [0.25, 0.3) is 0 Å². The number of rotatable bonds is 9. The van der Waals surface area contributed by atoms with Gasteiger partial charge in [-0.3, -0.25) is 4.57 Å². The van der Waals surface area contributed by atoms with Crippen LogP contribution in [0.15, 0.2) is 85.2 Å². The molecule has 2 aromatic heterocycles. The number of aryl methyl sites for hydroxylation is 2. The van der Waals surface area contributed by atoms with Gasteiger partial charge in [0.1, 0.15) is 42.3 Å². The van der Waals surface area contributed by atoms with Gasteiger partial charge in [-0.15, -0.1) is 0 Å². The highest BCUT2D eigenvalue weighted by Gasteiger charge is 2.64. The standard InChI is InChI=1S/C34H33F2N5O6/c1-19-26-30(40-32(38-19)39-21-9-3-2-4-10-21)41(18-37-26)31-28(43)27(42)25(47-31)17-46-22-11-7-8-20(16-22)14-15-33(45)24-13-6-5-12-23(24)29(44)34(33,35)36/h2-13,16,18,25,27-29,31,42-45H,14-15,17H2,1H3,(H,38,39,40)/t25-,27-,28-,29-,31-,33-/m1/s1. The first-order chi connectivity index (χ1) is 22.6. The molecule has 5 aromatic rings. The van der Waals surface area contributed by atoms with Gasteiger partial charge < -0.3 is 35.2 Å². The minimum absolute atomic E-state index is 0.0151. The number of aliphatic hydroxyl groups is 4. The van der Waals surface area contributed by atoms with Gasteiger partial charge in [-0.05, 0) is 60.7 Å². The van der Waals surface area contributed by atoms with Crippen molar-refractivity contribution in [1.29, 1.82) is 0 Å². The average Bonchev–Trinajstić information content (AvgIpc) is 3.66. The minimum atomic E-state index is -3.76. The highest BCUT2D eigenvalue weighted by atomic mass is 19.3. The predicted octanol–water partition coefficient (Wildman–Crippen LogP) is 4.08. The summed E-state index contributed by atoms with van der Waals surface area (Å²) in [5, 5.41) is 46.3. The van der Waals surface area contributed by atoms with Gasteiger partial charge in [0.15, 0.2) is 17.5 Å². The smallest absolute Gasteiger partial charge is 0.309 e. The summed E-state index contributed by atoms with van der Waals surface area (Å²) in [5.74, 6) is -3.04. The van der Waals surface area contributed by atoms with Gasteiger partial charge in [0.05, 0.1) is 12.0 Å². The summed E-state index contributed by atoms with van der Waals surface area (Å²) in [4.78, 5) is 13.5. The zero-order valence-electron chi connectivity index (χ0n) is 25.2. The van der Waals surface area contributed by atoms with Crippen molar-refractivity contribution in [3.05, 3.63) is 108 Å². The van der Waals surface area contributed by atoms with Gasteiger partial charge in [0.2, 0.25) is 5.95 Å². The maximum atomic E-state index is 15.1. The van der Waals surface area contributed by atoms with Gasteiger partial charge >= 0.3 is 5.92 Å². The van der Waals surface area contributed by atoms with Gasteiger partial charge in [-0.2, -0.15) is 13.8 Å². The van der Waals surface area contributed by atoms with Gasteiger partial charge in [-0.25, -0.2) is 9.97 Å². The lowest BCUT2D eigenvalue weighted by atomic mass is 9.86. The summed E-state index contributed by atoms with van der Waals surface area (Å²) in [7, 11) is 0. The van der Waals surface area contributed by atoms with Crippen molar-refractivity contribution >= 4 is 22.8 Å². The van der Waals surface area contributed by atoms with E-state index in [4.69, 9.17) is 9.47 Å². The summed E-state index contributed by atoms with van der Waals surface area (Å²) in [6.07, 6.45) is -5.43. The van der Waals surface area contributed by atoms with Crippen LogP contribution in [0.1, 0.15) is 41.1 Å². The van der Waals surface area contributed by atoms with Crippen LogP contribution >= 0.6 is 0 Å². The Morgan fingerprint density at radius 2 is 1.72 bits per heavy atom. The van der Waals surface area contributed by atoms with E-state index < -0.39 is 42.2 Å². The molecule has 6 atom stereocenters. The second kappa shape index (κ2) is 11.9. The molecule has 1 saturated heterocycles. The summed E-state index contributed by atoms with van der Waals surface area (Å²) in [6, 6.07) is 22.1. The minimum Gasteiger partial charge on any atom is -0.491 e. The second-order valence-corrected chi connectivity index (χ2v) is 11.9. The summed E-state index contributed by atoms with van der Waals surface area (Å²) in [5.41, 5.74) is 0.453. The third-order valence-corrected chi connectivity index (χ3v) is 8.92. The van der Waals surface area contributed by atoms with Crippen LogP contribution in [-0.4, -0.2) is 70.8 Å². The number of anilines is 2. The van der Waals surface area contributed by atoms with Crippen molar-refractivity contribution in [2.45, 2.75) is 61.9 Å². The van der Waals surface area contributed by atoms with Crippen LogP contribution in [0.2, 0.25) is 0 Å². The zero-order chi connectivity index (χ0) is 32.9. The number of hydrogen-bond donors (Lipinski definition) is 5.